The smallest absolute Gasteiger partial charge is 0.000511 e. The molecule has 9 heavy (non-hydrogen) atoms. The van der Waals surface area contributed by atoms with Crippen molar-refractivity contribution in [2.24, 2.45) is 11.8 Å². The summed E-state index contributed by atoms with van der Waals surface area (Å²) < 4.78 is 0. The summed E-state index contributed by atoms with van der Waals surface area (Å²) in [5.74, 6) is 1.94. The van der Waals surface area contributed by atoms with Crippen molar-refractivity contribution in [2.45, 2.75) is 6.42 Å². The second-order valence-electron chi connectivity index (χ2n) is 3.17. The van der Waals surface area contributed by atoms with Crippen LogP contribution in [0.5, 0.6) is 0 Å². The highest BCUT2D eigenvalue weighted by atomic mass is 15.0. The van der Waals surface area contributed by atoms with Crippen molar-refractivity contribution < 1.29 is 0 Å². The lowest BCUT2D eigenvalue weighted by Crippen LogP contribution is -2.35. The Morgan fingerprint density at radius 2 is 1.67 bits per heavy atom. The molecule has 0 aliphatic carbocycles. The van der Waals surface area contributed by atoms with Gasteiger partial charge in [0.15, 0.2) is 0 Å². The van der Waals surface area contributed by atoms with Crippen LogP contribution in [0, 0.1) is 11.8 Å². The van der Waals surface area contributed by atoms with Crippen molar-refractivity contribution in [3.8, 4) is 0 Å². The fourth-order valence-electron chi connectivity index (χ4n) is 1.94. The van der Waals surface area contributed by atoms with E-state index in [-0.39, 0.29) is 0 Å². The lowest BCUT2D eigenvalue weighted by molar-refractivity contribution is 0.318. The summed E-state index contributed by atoms with van der Waals surface area (Å²) in [5, 5.41) is 6.84. The van der Waals surface area contributed by atoms with Crippen molar-refractivity contribution in [1.82, 2.24) is 10.6 Å². The fourth-order valence-corrected chi connectivity index (χ4v) is 1.94. The van der Waals surface area contributed by atoms with Crippen LogP contribution >= 0.6 is 0 Å². The van der Waals surface area contributed by atoms with Gasteiger partial charge in [-0.3, -0.25) is 0 Å². The molecule has 2 nitrogen and oxygen atoms in total. The average Bonchev–Trinajstić information content (AvgIpc) is 2.33. The van der Waals surface area contributed by atoms with Crippen LogP contribution in [0.2, 0.25) is 0 Å². The normalized spacial score (nSPS) is 42.7. The van der Waals surface area contributed by atoms with Crippen LogP contribution in [0.3, 0.4) is 0 Å². The highest BCUT2D eigenvalue weighted by Crippen LogP contribution is 2.21. The van der Waals surface area contributed by atoms with Crippen molar-refractivity contribution in [2.75, 3.05) is 26.2 Å². The van der Waals surface area contributed by atoms with E-state index in [0.717, 1.165) is 11.8 Å². The van der Waals surface area contributed by atoms with Crippen molar-refractivity contribution >= 4 is 0 Å². The summed E-state index contributed by atoms with van der Waals surface area (Å²) in [6, 6.07) is 0. The predicted octanol–water partition coefficient (Wildman–Crippen LogP) is -0.185. The van der Waals surface area contributed by atoms with E-state index in [1.807, 2.05) is 0 Å². The van der Waals surface area contributed by atoms with E-state index in [1.54, 1.807) is 0 Å². The van der Waals surface area contributed by atoms with Crippen LogP contribution in [0.15, 0.2) is 0 Å². The Labute approximate surface area is 56.0 Å². The summed E-state index contributed by atoms with van der Waals surface area (Å²) in [5.41, 5.74) is 0. The van der Waals surface area contributed by atoms with E-state index in [0.29, 0.717) is 0 Å². The predicted molar refractivity (Wildman–Crippen MR) is 37.3 cm³/mol. The molecule has 52 valence electrons. The summed E-state index contributed by atoms with van der Waals surface area (Å²) in [4.78, 5) is 0. The third-order valence-corrected chi connectivity index (χ3v) is 2.58. The Balaban J connectivity index is 1.97. The second kappa shape index (κ2) is 2.27. The summed E-state index contributed by atoms with van der Waals surface area (Å²) in [6.07, 6.45) is 1.39. The zero-order valence-electron chi connectivity index (χ0n) is 5.69. The molecule has 2 saturated heterocycles. The molecule has 0 saturated carbocycles. The third kappa shape index (κ3) is 0.970. The number of hydrogen-bond acceptors (Lipinski definition) is 2. The van der Waals surface area contributed by atoms with Crippen LogP contribution in [0.4, 0.5) is 0 Å². The molecule has 2 aliphatic rings. The van der Waals surface area contributed by atoms with Crippen LogP contribution in [0.25, 0.3) is 0 Å². The largest absolute Gasteiger partial charge is 0.316 e. The van der Waals surface area contributed by atoms with E-state index in [1.165, 1.54) is 32.6 Å². The molecule has 2 heteroatoms. The van der Waals surface area contributed by atoms with Crippen molar-refractivity contribution in [3.63, 3.8) is 0 Å². The molecule has 2 N–H and O–H groups in total. The van der Waals surface area contributed by atoms with Gasteiger partial charge in [-0.1, -0.05) is 0 Å². The maximum Gasteiger partial charge on any atom is -0.000511 e. The monoisotopic (exact) mass is 126 g/mol. The van der Waals surface area contributed by atoms with Gasteiger partial charge in [0.05, 0.1) is 0 Å². The fraction of sp³-hybridized carbons (Fsp3) is 1.00. The van der Waals surface area contributed by atoms with Crippen molar-refractivity contribution in [1.29, 1.82) is 0 Å². The molecule has 0 aromatic heterocycles. The molecule has 0 spiro atoms. The SMILES string of the molecule is C1C[C@@H]2CNC[C@H]2CN1. The van der Waals surface area contributed by atoms with Gasteiger partial charge in [0.2, 0.25) is 0 Å². The van der Waals surface area contributed by atoms with E-state index < -0.39 is 0 Å². The molecule has 0 unspecified atom stereocenters. The zero-order chi connectivity index (χ0) is 6.10. The van der Waals surface area contributed by atoms with E-state index >= 15 is 0 Å². The molecule has 0 aromatic rings. The number of rotatable bonds is 0. The molecule has 2 fully saturated rings. The maximum atomic E-state index is 3.42. The minimum Gasteiger partial charge on any atom is -0.316 e. The Hall–Kier alpha value is -0.0800. The standard InChI is InChI=1S/C7H14N2/c1-2-8-4-7-5-9-3-6(1)7/h6-9H,1-5H2/t6-,7-/m1/s1. The molecule has 0 aromatic carbocycles. The highest BCUT2D eigenvalue weighted by Gasteiger charge is 2.28. The topological polar surface area (TPSA) is 24.1 Å². The van der Waals surface area contributed by atoms with Gasteiger partial charge in [-0.15, -0.1) is 0 Å². The lowest BCUT2D eigenvalue weighted by Gasteiger charge is -2.24. The van der Waals surface area contributed by atoms with Gasteiger partial charge in [0.25, 0.3) is 0 Å². The van der Waals surface area contributed by atoms with Crippen LogP contribution in [0.1, 0.15) is 6.42 Å². The number of piperidine rings is 1. The van der Waals surface area contributed by atoms with Gasteiger partial charge in [-0.2, -0.15) is 0 Å². The average molecular weight is 126 g/mol. The number of nitrogens with one attached hydrogen (secondary N) is 2. The molecule has 2 aliphatic heterocycles. The van der Waals surface area contributed by atoms with Gasteiger partial charge >= 0.3 is 0 Å². The number of hydrogen-bond donors (Lipinski definition) is 2. The minimum absolute atomic E-state index is 0.943. The maximum absolute atomic E-state index is 3.42. The molecular formula is C7H14N2. The first-order chi connectivity index (χ1) is 4.47. The molecule has 0 radical (unpaired) electrons. The number of fused-ring (bicyclic) bond motifs is 1. The molecule has 2 heterocycles. The molecule has 2 atom stereocenters. The quantitative estimate of drug-likeness (QED) is 0.470. The third-order valence-electron chi connectivity index (χ3n) is 2.58. The first-order valence-corrected chi connectivity index (χ1v) is 3.88. The van der Waals surface area contributed by atoms with Gasteiger partial charge in [-0.25, -0.2) is 0 Å². The Bertz CT molecular complexity index is 91.1. The van der Waals surface area contributed by atoms with Gasteiger partial charge in [-0.05, 0) is 44.4 Å². The molecular weight excluding hydrogens is 112 g/mol. The van der Waals surface area contributed by atoms with Gasteiger partial charge in [0.1, 0.15) is 0 Å². The van der Waals surface area contributed by atoms with Crippen LogP contribution in [-0.4, -0.2) is 26.2 Å². The van der Waals surface area contributed by atoms with Crippen LogP contribution < -0.4 is 10.6 Å². The molecule has 0 amide bonds. The molecule has 0 bridgehead atoms. The first-order valence-electron chi connectivity index (χ1n) is 3.88. The first kappa shape index (κ1) is 5.69. The van der Waals surface area contributed by atoms with E-state index in [2.05, 4.69) is 10.6 Å². The second-order valence-corrected chi connectivity index (χ2v) is 3.17. The van der Waals surface area contributed by atoms with E-state index in [4.69, 9.17) is 0 Å². The Morgan fingerprint density at radius 1 is 0.889 bits per heavy atom. The highest BCUT2D eigenvalue weighted by molar-refractivity contribution is 4.85. The Kier molecular flexibility index (Phi) is 1.44. The summed E-state index contributed by atoms with van der Waals surface area (Å²) >= 11 is 0. The zero-order valence-corrected chi connectivity index (χ0v) is 5.69. The molecule has 2 rings (SSSR count). The van der Waals surface area contributed by atoms with Gasteiger partial charge in [0, 0.05) is 0 Å². The Morgan fingerprint density at radius 3 is 2.56 bits per heavy atom. The van der Waals surface area contributed by atoms with Gasteiger partial charge < -0.3 is 10.6 Å². The minimum atomic E-state index is 0.943. The summed E-state index contributed by atoms with van der Waals surface area (Å²) in [7, 11) is 0. The van der Waals surface area contributed by atoms with Crippen molar-refractivity contribution in [3.05, 3.63) is 0 Å². The van der Waals surface area contributed by atoms with Crippen LogP contribution in [-0.2, 0) is 0 Å². The lowest BCUT2D eigenvalue weighted by atomic mass is 9.90. The van der Waals surface area contributed by atoms with E-state index in [9.17, 15) is 0 Å². The summed E-state index contributed by atoms with van der Waals surface area (Å²) in [6.45, 7) is 5.00.